The molecule has 2 N–H and O–H groups in total. The second-order valence-electron chi connectivity index (χ2n) is 6.29. The first-order chi connectivity index (χ1) is 12.5. The van der Waals surface area contributed by atoms with Gasteiger partial charge in [-0.2, -0.15) is 0 Å². The minimum atomic E-state index is -1.27. The van der Waals surface area contributed by atoms with E-state index in [1.54, 1.807) is 18.7 Å². The number of rotatable bonds is 9. The summed E-state index contributed by atoms with van der Waals surface area (Å²) in [6, 6.07) is 18.5. The second kappa shape index (κ2) is 8.63. The molecule has 0 atom stereocenters. The Morgan fingerprint density at radius 3 is 1.62 bits per heavy atom. The van der Waals surface area contributed by atoms with Crippen LogP contribution in [0.3, 0.4) is 0 Å². The molecule has 0 saturated heterocycles. The van der Waals surface area contributed by atoms with Crippen molar-refractivity contribution in [2.45, 2.75) is 38.3 Å². The van der Waals surface area contributed by atoms with E-state index in [1.807, 2.05) is 60.7 Å². The summed E-state index contributed by atoms with van der Waals surface area (Å²) in [6.45, 7) is 3.22. The number of nitrogens with zero attached hydrogens (tertiary/aromatic N) is 1. The van der Waals surface area contributed by atoms with Crippen LogP contribution in [0.2, 0.25) is 0 Å². The molecule has 0 bridgehead atoms. The lowest BCUT2D eigenvalue weighted by molar-refractivity contribution is -0.157. The first-order valence-electron chi connectivity index (χ1n) is 8.78. The van der Waals surface area contributed by atoms with Crippen LogP contribution in [-0.4, -0.2) is 39.1 Å². The van der Waals surface area contributed by atoms with Gasteiger partial charge in [-0.25, -0.2) is 0 Å². The van der Waals surface area contributed by atoms with Crippen molar-refractivity contribution in [3.63, 3.8) is 0 Å². The van der Waals surface area contributed by atoms with E-state index in [0.29, 0.717) is 12.8 Å². The summed E-state index contributed by atoms with van der Waals surface area (Å²) in [5, 5.41) is 19.5. The highest BCUT2D eigenvalue weighted by atomic mass is 16.4. The van der Waals surface area contributed by atoms with Gasteiger partial charge in [-0.3, -0.25) is 14.5 Å². The van der Waals surface area contributed by atoms with E-state index in [4.69, 9.17) is 0 Å². The maximum atomic E-state index is 12.2. The first-order valence-corrected chi connectivity index (χ1v) is 8.78. The molecule has 0 radical (unpaired) electrons. The Morgan fingerprint density at radius 1 is 0.885 bits per heavy atom. The van der Waals surface area contributed by atoms with E-state index in [-0.39, 0.29) is 6.54 Å². The number of carboxylic acids is 2. The van der Waals surface area contributed by atoms with Crippen LogP contribution in [0.15, 0.2) is 60.7 Å². The Bertz CT molecular complexity index is 687. The fraction of sp³-hybridized carbons (Fsp3) is 0.333. The molecule has 0 heterocycles. The van der Waals surface area contributed by atoms with E-state index in [0.717, 1.165) is 11.1 Å². The van der Waals surface area contributed by atoms with Gasteiger partial charge in [0.05, 0.1) is 12.6 Å². The lowest BCUT2D eigenvalue weighted by atomic mass is 9.85. The van der Waals surface area contributed by atoms with Crippen molar-refractivity contribution in [2.75, 3.05) is 6.54 Å². The topological polar surface area (TPSA) is 77.8 Å². The van der Waals surface area contributed by atoms with Crippen molar-refractivity contribution in [1.29, 1.82) is 0 Å². The Hall–Kier alpha value is -2.66. The summed E-state index contributed by atoms with van der Waals surface area (Å²) >= 11 is 0. The van der Waals surface area contributed by atoms with Crippen molar-refractivity contribution in [3.05, 3.63) is 71.8 Å². The highest BCUT2D eigenvalue weighted by Crippen LogP contribution is 2.37. The molecule has 138 valence electrons. The molecule has 0 fully saturated rings. The van der Waals surface area contributed by atoms with Gasteiger partial charge in [0.2, 0.25) is 0 Å². The van der Waals surface area contributed by atoms with E-state index in [2.05, 4.69) is 0 Å². The van der Waals surface area contributed by atoms with Crippen LogP contribution in [0.5, 0.6) is 0 Å². The van der Waals surface area contributed by atoms with Gasteiger partial charge in [0.25, 0.3) is 0 Å². The molecule has 0 amide bonds. The molecular formula is C21H25NO4. The fourth-order valence-electron chi connectivity index (χ4n) is 3.54. The minimum absolute atomic E-state index is 0.308. The van der Waals surface area contributed by atoms with Crippen molar-refractivity contribution in [1.82, 2.24) is 4.90 Å². The standard InChI is InChI=1S/C21H25NO4/c1-3-21(4-2,20(25)26)22(15-18(23)24)19(16-11-7-5-8-12-16)17-13-9-6-10-14-17/h5-14,19H,3-4,15H2,1-2H3,(H,23,24)(H,25,26). The Morgan fingerprint density at radius 2 is 1.31 bits per heavy atom. The number of benzene rings is 2. The predicted octanol–water partition coefficient (Wildman–Crippen LogP) is 3.81. The quantitative estimate of drug-likeness (QED) is 0.715. The van der Waals surface area contributed by atoms with E-state index in [1.165, 1.54) is 0 Å². The number of hydrogen-bond acceptors (Lipinski definition) is 3. The molecule has 0 aliphatic rings. The second-order valence-corrected chi connectivity index (χ2v) is 6.29. The van der Waals surface area contributed by atoms with Crippen molar-refractivity contribution in [3.8, 4) is 0 Å². The Labute approximate surface area is 153 Å². The molecule has 0 aliphatic carbocycles. The van der Waals surface area contributed by atoms with Gasteiger partial charge in [0, 0.05) is 0 Å². The molecule has 2 aromatic carbocycles. The van der Waals surface area contributed by atoms with Crippen molar-refractivity contribution < 1.29 is 19.8 Å². The summed E-state index contributed by atoms with van der Waals surface area (Å²) in [7, 11) is 0. The lowest BCUT2D eigenvalue weighted by Gasteiger charge is -2.44. The maximum Gasteiger partial charge on any atom is 0.324 e. The molecule has 26 heavy (non-hydrogen) atoms. The van der Waals surface area contributed by atoms with Gasteiger partial charge in [0.15, 0.2) is 0 Å². The van der Waals surface area contributed by atoms with E-state index < -0.39 is 23.5 Å². The Kier molecular flexibility index (Phi) is 6.52. The monoisotopic (exact) mass is 355 g/mol. The lowest BCUT2D eigenvalue weighted by Crippen LogP contribution is -2.57. The smallest absolute Gasteiger partial charge is 0.324 e. The zero-order valence-electron chi connectivity index (χ0n) is 15.1. The SMILES string of the molecule is CCC(CC)(C(=O)O)N(CC(=O)O)C(c1ccccc1)c1ccccc1. The molecule has 0 unspecified atom stereocenters. The first kappa shape index (κ1) is 19.7. The molecule has 2 rings (SSSR count). The van der Waals surface area contributed by atoms with Crippen LogP contribution in [0.1, 0.15) is 43.9 Å². The van der Waals surface area contributed by atoms with Crippen LogP contribution in [0.25, 0.3) is 0 Å². The summed E-state index contributed by atoms with van der Waals surface area (Å²) in [6.07, 6.45) is 0.616. The third-order valence-electron chi connectivity index (χ3n) is 4.97. The third kappa shape index (κ3) is 3.94. The van der Waals surface area contributed by atoms with E-state index in [9.17, 15) is 19.8 Å². The molecular weight excluding hydrogens is 330 g/mol. The molecule has 2 aromatic rings. The van der Waals surface area contributed by atoms with Gasteiger partial charge < -0.3 is 10.2 Å². The minimum Gasteiger partial charge on any atom is -0.480 e. The number of aliphatic carboxylic acids is 2. The van der Waals surface area contributed by atoms with E-state index >= 15 is 0 Å². The van der Waals surface area contributed by atoms with Gasteiger partial charge in [-0.05, 0) is 24.0 Å². The molecule has 5 nitrogen and oxygen atoms in total. The van der Waals surface area contributed by atoms with Crippen molar-refractivity contribution >= 4 is 11.9 Å². The summed E-state index contributed by atoms with van der Waals surface area (Å²) < 4.78 is 0. The highest BCUT2D eigenvalue weighted by molar-refractivity contribution is 5.80. The van der Waals surface area contributed by atoms with Gasteiger partial charge in [-0.1, -0.05) is 74.5 Å². The average Bonchev–Trinajstić information content (AvgIpc) is 2.64. The highest BCUT2D eigenvalue weighted by Gasteiger charge is 2.46. The number of carboxylic acid groups (broad SMARTS) is 2. The van der Waals surface area contributed by atoms with Gasteiger partial charge in [-0.15, -0.1) is 0 Å². The number of hydrogen-bond donors (Lipinski definition) is 2. The van der Waals surface area contributed by atoms with Crippen LogP contribution in [0.4, 0.5) is 0 Å². The summed E-state index contributed by atoms with van der Waals surface area (Å²) in [5.74, 6) is -2.05. The van der Waals surface area contributed by atoms with Crippen LogP contribution in [-0.2, 0) is 9.59 Å². The Balaban J connectivity index is 2.70. The normalized spacial score (nSPS) is 11.7. The zero-order valence-corrected chi connectivity index (χ0v) is 15.1. The summed E-state index contributed by atoms with van der Waals surface area (Å²) in [4.78, 5) is 25.5. The molecule has 0 aliphatic heterocycles. The number of carbonyl (C=O) groups is 2. The predicted molar refractivity (Wildman–Crippen MR) is 100 cm³/mol. The summed E-state index contributed by atoms with van der Waals surface area (Å²) in [5.41, 5.74) is 0.467. The molecule has 0 aromatic heterocycles. The van der Waals surface area contributed by atoms with Crippen LogP contribution in [0, 0.1) is 0 Å². The maximum absolute atomic E-state index is 12.2. The van der Waals surface area contributed by atoms with Gasteiger partial charge in [0.1, 0.15) is 5.54 Å². The van der Waals surface area contributed by atoms with Crippen LogP contribution < -0.4 is 0 Å². The van der Waals surface area contributed by atoms with Crippen LogP contribution >= 0.6 is 0 Å². The van der Waals surface area contributed by atoms with Gasteiger partial charge >= 0.3 is 11.9 Å². The fourth-order valence-corrected chi connectivity index (χ4v) is 3.54. The third-order valence-corrected chi connectivity index (χ3v) is 4.97. The molecule has 5 heteroatoms. The molecule has 0 spiro atoms. The largest absolute Gasteiger partial charge is 0.480 e. The van der Waals surface area contributed by atoms with Crippen molar-refractivity contribution in [2.24, 2.45) is 0 Å². The zero-order chi connectivity index (χ0) is 19.2. The molecule has 0 saturated carbocycles. The average molecular weight is 355 g/mol.